The van der Waals surface area contributed by atoms with Crippen molar-refractivity contribution in [2.45, 2.75) is 0 Å². The van der Waals surface area contributed by atoms with E-state index in [1.165, 1.54) is 23.1 Å². The molecule has 2 aromatic heterocycles. The molecule has 0 atom stereocenters. The van der Waals surface area contributed by atoms with E-state index in [4.69, 9.17) is 11.6 Å². The quantitative estimate of drug-likeness (QED) is 0.614. The molecule has 0 saturated carbocycles. The largest absolute Gasteiger partial charge is 0.289 e. The van der Waals surface area contributed by atoms with Crippen LogP contribution in [0.25, 0.3) is 11.9 Å². The highest BCUT2D eigenvalue weighted by atomic mass is 35.5. The molecule has 2 rings (SSSR count). The summed E-state index contributed by atoms with van der Waals surface area (Å²) in [5.41, 5.74) is 0.371. The van der Waals surface area contributed by atoms with Crippen molar-refractivity contribution in [1.29, 1.82) is 0 Å². The Labute approximate surface area is 101 Å². The molecule has 0 saturated heterocycles. The summed E-state index contributed by atoms with van der Waals surface area (Å²) in [6.45, 7) is 3.54. The molecule has 7 nitrogen and oxygen atoms in total. The van der Waals surface area contributed by atoms with Crippen molar-refractivity contribution in [2.24, 2.45) is 0 Å². The van der Waals surface area contributed by atoms with Crippen molar-refractivity contribution in [1.82, 2.24) is 20.0 Å². The molecule has 0 bridgehead atoms. The lowest BCUT2D eigenvalue weighted by atomic mass is 10.4. The summed E-state index contributed by atoms with van der Waals surface area (Å²) >= 11 is 5.87. The average Bonchev–Trinajstić information content (AvgIpc) is 2.77. The maximum atomic E-state index is 10.5. The minimum absolute atomic E-state index is 0.102. The summed E-state index contributed by atoms with van der Waals surface area (Å²) in [6.07, 6.45) is 4.09. The van der Waals surface area contributed by atoms with E-state index in [0.717, 1.165) is 6.20 Å². The van der Waals surface area contributed by atoms with Crippen molar-refractivity contribution < 1.29 is 4.92 Å². The zero-order chi connectivity index (χ0) is 12.4. The number of pyridine rings is 1. The van der Waals surface area contributed by atoms with Crippen LogP contribution in [0.1, 0.15) is 5.69 Å². The third-order valence-corrected chi connectivity index (χ3v) is 2.20. The van der Waals surface area contributed by atoms with Crippen LogP contribution in [-0.2, 0) is 0 Å². The van der Waals surface area contributed by atoms with Gasteiger partial charge in [-0.15, -0.1) is 9.90 Å². The lowest BCUT2D eigenvalue weighted by Gasteiger charge is -2.00. The lowest BCUT2D eigenvalue weighted by molar-refractivity contribution is -0.385. The molecule has 0 N–H and O–H groups in total. The average molecular weight is 252 g/mol. The molecule has 0 fully saturated rings. The van der Waals surface area contributed by atoms with Crippen molar-refractivity contribution in [3.8, 4) is 5.82 Å². The number of aromatic nitrogens is 4. The van der Waals surface area contributed by atoms with Crippen LogP contribution in [0.3, 0.4) is 0 Å². The topological polar surface area (TPSA) is 86.7 Å². The summed E-state index contributed by atoms with van der Waals surface area (Å²) in [6, 6.07) is 1.20. The standard InChI is InChI=1S/C9H6ClN5O2/c1-2-6-4-12-14(13-6)9-8(10)3-7(5-11-9)15(16)17/h2-5H,1H2. The van der Waals surface area contributed by atoms with Gasteiger partial charge in [-0.2, -0.15) is 5.10 Å². The predicted octanol–water partition coefficient (Wildman–Crippen LogP) is 1.87. The fraction of sp³-hybridized carbons (Fsp3) is 0. The van der Waals surface area contributed by atoms with Crippen LogP contribution < -0.4 is 0 Å². The van der Waals surface area contributed by atoms with E-state index < -0.39 is 4.92 Å². The van der Waals surface area contributed by atoms with Gasteiger partial charge in [-0.3, -0.25) is 10.1 Å². The second-order valence-corrected chi connectivity index (χ2v) is 3.43. The molecule has 0 aliphatic carbocycles. The van der Waals surface area contributed by atoms with E-state index in [0.29, 0.717) is 5.69 Å². The van der Waals surface area contributed by atoms with Gasteiger partial charge in [0.1, 0.15) is 11.9 Å². The fourth-order valence-electron chi connectivity index (χ4n) is 1.14. The van der Waals surface area contributed by atoms with Gasteiger partial charge < -0.3 is 0 Å². The number of nitro groups is 1. The highest BCUT2D eigenvalue weighted by molar-refractivity contribution is 6.32. The van der Waals surface area contributed by atoms with Gasteiger partial charge in [-0.05, 0) is 6.08 Å². The van der Waals surface area contributed by atoms with Crippen LogP contribution >= 0.6 is 11.6 Å². The van der Waals surface area contributed by atoms with E-state index in [-0.39, 0.29) is 16.5 Å². The van der Waals surface area contributed by atoms with Gasteiger partial charge >= 0.3 is 0 Å². The van der Waals surface area contributed by atoms with E-state index in [9.17, 15) is 10.1 Å². The third-order valence-electron chi connectivity index (χ3n) is 1.93. The monoisotopic (exact) mass is 251 g/mol. The first-order valence-electron chi connectivity index (χ1n) is 4.47. The smallest absolute Gasteiger partial charge is 0.258 e. The van der Waals surface area contributed by atoms with E-state index in [1.54, 1.807) is 0 Å². The highest BCUT2D eigenvalue weighted by Gasteiger charge is 2.13. The van der Waals surface area contributed by atoms with E-state index in [2.05, 4.69) is 21.8 Å². The summed E-state index contributed by atoms with van der Waals surface area (Å²) in [4.78, 5) is 15.0. The van der Waals surface area contributed by atoms with Crippen molar-refractivity contribution in [3.63, 3.8) is 0 Å². The van der Waals surface area contributed by atoms with Crippen LogP contribution in [0.5, 0.6) is 0 Å². The Kier molecular flexibility index (Phi) is 2.84. The Hall–Kier alpha value is -2.28. The molecule has 86 valence electrons. The molecule has 0 unspecified atom stereocenters. The van der Waals surface area contributed by atoms with Gasteiger partial charge in [0.05, 0.1) is 16.1 Å². The Bertz CT molecular complexity index is 595. The summed E-state index contributed by atoms with van der Waals surface area (Å²) < 4.78 is 0. The number of hydrogen-bond donors (Lipinski definition) is 0. The predicted molar refractivity (Wildman–Crippen MR) is 60.9 cm³/mol. The van der Waals surface area contributed by atoms with Crippen LogP contribution in [0.15, 0.2) is 25.0 Å². The van der Waals surface area contributed by atoms with Gasteiger partial charge in [0, 0.05) is 6.07 Å². The van der Waals surface area contributed by atoms with Gasteiger partial charge in [-0.25, -0.2) is 4.98 Å². The maximum absolute atomic E-state index is 10.5. The molecule has 0 aliphatic rings. The molecule has 0 radical (unpaired) electrons. The number of nitrogens with zero attached hydrogens (tertiary/aromatic N) is 5. The Morgan fingerprint density at radius 1 is 1.53 bits per heavy atom. The molecule has 8 heteroatoms. The van der Waals surface area contributed by atoms with Crippen molar-refractivity contribution >= 4 is 23.4 Å². The van der Waals surface area contributed by atoms with Crippen molar-refractivity contribution in [2.75, 3.05) is 0 Å². The van der Waals surface area contributed by atoms with Crippen LogP contribution in [0.4, 0.5) is 5.69 Å². The zero-order valence-corrected chi connectivity index (χ0v) is 9.20. The molecule has 2 aromatic rings. The number of halogens is 1. The summed E-state index contributed by atoms with van der Waals surface area (Å²) in [5, 5.41) is 18.5. The minimum atomic E-state index is -0.575. The SMILES string of the molecule is C=Cc1cnn(-c2ncc([N+](=O)[O-])cc2Cl)n1. The van der Waals surface area contributed by atoms with E-state index >= 15 is 0 Å². The third kappa shape index (κ3) is 2.13. The Balaban J connectivity index is 2.46. The molecular weight excluding hydrogens is 246 g/mol. The second kappa shape index (κ2) is 4.30. The minimum Gasteiger partial charge on any atom is -0.258 e. The second-order valence-electron chi connectivity index (χ2n) is 3.02. The highest BCUT2D eigenvalue weighted by Crippen LogP contribution is 2.21. The summed E-state index contributed by atoms with van der Waals surface area (Å²) in [5.74, 6) is 0.227. The molecular formula is C9H6ClN5O2. The van der Waals surface area contributed by atoms with Gasteiger partial charge in [-0.1, -0.05) is 18.2 Å². The first-order valence-corrected chi connectivity index (χ1v) is 4.84. The van der Waals surface area contributed by atoms with Crippen LogP contribution in [-0.4, -0.2) is 24.9 Å². The van der Waals surface area contributed by atoms with Crippen molar-refractivity contribution in [3.05, 3.63) is 45.9 Å². The first kappa shape index (κ1) is 11.2. The normalized spacial score (nSPS) is 10.2. The van der Waals surface area contributed by atoms with Gasteiger partial charge in [0.15, 0.2) is 5.82 Å². The zero-order valence-electron chi connectivity index (χ0n) is 8.45. The van der Waals surface area contributed by atoms with Crippen LogP contribution in [0.2, 0.25) is 5.02 Å². The molecule has 0 aromatic carbocycles. The maximum Gasteiger partial charge on any atom is 0.289 e. The molecule has 2 heterocycles. The number of rotatable bonds is 3. The molecule has 0 spiro atoms. The first-order chi connectivity index (χ1) is 8.11. The fourth-order valence-corrected chi connectivity index (χ4v) is 1.37. The Morgan fingerprint density at radius 3 is 2.82 bits per heavy atom. The van der Waals surface area contributed by atoms with Crippen LogP contribution in [0, 0.1) is 10.1 Å². The Morgan fingerprint density at radius 2 is 2.29 bits per heavy atom. The molecule has 0 aliphatic heterocycles. The molecule has 17 heavy (non-hydrogen) atoms. The molecule has 0 amide bonds. The summed E-state index contributed by atoms with van der Waals surface area (Å²) in [7, 11) is 0. The number of hydrogen-bond acceptors (Lipinski definition) is 5. The lowest BCUT2D eigenvalue weighted by Crippen LogP contribution is -2.03. The van der Waals surface area contributed by atoms with Gasteiger partial charge in [0.25, 0.3) is 5.69 Å². The van der Waals surface area contributed by atoms with E-state index in [1.807, 2.05) is 0 Å². The van der Waals surface area contributed by atoms with Gasteiger partial charge in [0.2, 0.25) is 0 Å².